The Morgan fingerprint density at radius 1 is 1.04 bits per heavy atom. The van der Waals surface area contributed by atoms with Crippen molar-refractivity contribution in [2.75, 3.05) is 0 Å². The molecule has 1 amide bonds. The van der Waals surface area contributed by atoms with E-state index in [4.69, 9.17) is 0 Å². The van der Waals surface area contributed by atoms with E-state index >= 15 is 0 Å². The fourth-order valence-corrected chi connectivity index (χ4v) is 2.35. The van der Waals surface area contributed by atoms with Crippen LogP contribution in [-0.4, -0.2) is 23.3 Å². The first kappa shape index (κ1) is 17.3. The number of aromatic nitrogens is 1. The van der Waals surface area contributed by atoms with Crippen LogP contribution in [0.1, 0.15) is 15.9 Å². The lowest BCUT2D eigenvalue weighted by Gasteiger charge is -2.09. The fourth-order valence-electron chi connectivity index (χ4n) is 2.35. The third-order valence-electron chi connectivity index (χ3n) is 3.52. The van der Waals surface area contributed by atoms with Crippen molar-refractivity contribution in [2.45, 2.75) is 6.61 Å². The average Bonchev–Trinajstić information content (AvgIpc) is 3.17. The molecule has 0 fully saturated rings. The molecule has 26 heavy (non-hydrogen) atoms. The van der Waals surface area contributed by atoms with Crippen molar-refractivity contribution in [3.8, 4) is 11.4 Å². The number of alkyl halides is 2. The van der Waals surface area contributed by atoms with E-state index in [9.17, 15) is 13.6 Å². The van der Waals surface area contributed by atoms with Crippen LogP contribution < -0.4 is 10.2 Å². The average molecular weight is 355 g/mol. The molecule has 0 saturated carbocycles. The van der Waals surface area contributed by atoms with Crippen LogP contribution in [0.25, 0.3) is 5.69 Å². The zero-order valence-electron chi connectivity index (χ0n) is 13.5. The number of nitrogens with one attached hydrogen (secondary N) is 1. The molecule has 2 aromatic carbocycles. The summed E-state index contributed by atoms with van der Waals surface area (Å²) in [6.45, 7) is -2.87. The molecule has 3 aromatic rings. The summed E-state index contributed by atoms with van der Waals surface area (Å²) in [7, 11) is 0. The molecular weight excluding hydrogens is 340 g/mol. The van der Waals surface area contributed by atoms with Crippen LogP contribution in [-0.2, 0) is 0 Å². The molecule has 0 spiro atoms. The maximum Gasteiger partial charge on any atom is 0.387 e. The molecule has 0 atom stereocenters. The second-order valence-electron chi connectivity index (χ2n) is 5.25. The van der Waals surface area contributed by atoms with Gasteiger partial charge < -0.3 is 9.30 Å². The highest BCUT2D eigenvalue weighted by molar-refractivity contribution is 5.98. The van der Waals surface area contributed by atoms with Gasteiger partial charge in [-0.15, -0.1) is 0 Å². The molecule has 1 aromatic heterocycles. The van der Waals surface area contributed by atoms with Gasteiger partial charge >= 0.3 is 6.61 Å². The van der Waals surface area contributed by atoms with Crippen LogP contribution in [0.3, 0.4) is 0 Å². The summed E-state index contributed by atoms with van der Waals surface area (Å²) in [6, 6.07) is 16.8. The molecule has 1 N–H and O–H groups in total. The van der Waals surface area contributed by atoms with Crippen molar-refractivity contribution in [3.05, 3.63) is 84.2 Å². The van der Waals surface area contributed by atoms with E-state index in [0.29, 0.717) is 11.1 Å². The predicted molar refractivity (Wildman–Crippen MR) is 93.9 cm³/mol. The highest BCUT2D eigenvalue weighted by atomic mass is 19.3. The third kappa shape index (κ3) is 4.32. The van der Waals surface area contributed by atoms with Crippen molar-refractivity contribution < 1.29 is 18.3 Å². The standard InChI is InChI=1S/C19H15F2N3O2/c20-19(21)26-15-9-7-14(8-10-15)13-22-23-18(25)16-5-1-2-6-17(16)24-11-3-4-12-24/h1-13,19H,(H,23,25). The van der Waals surface area contributed by atoms with Crippen LogP contribution >= 0.6 is 0 Å². The lowest BCUT2D eigenvalue weighted by Crippen LogP contribution is -2.19. The Balaban J connectivity index is 1.67. The van der Waals surface area contributed by atoms with Gasteiger partial charge in [-0.25, -0.2) is 5.43 Å². The molecule has 0 unspecified atom stereocenters. The van der Waals surface area contributed by atoms with Crippen molar-refractivity contribution in [1.29, 1.82) is 0 Å². The SMILES string of the molecule is O=C(NN=Cc1ccc(OC(F)F)cc1)c1ccccc1-n1cccc1. The summed E-state index contributed by atoms with van der Waals surface area (Å²) in [5.41, 5.74) is 4.30. The lowest BCUT2D eigenvalue weighted by molar-refractivity contribution is -0.0498. The van der Waals surface area contributed by atoms with E-state index in [0.717, 1.165) is 5.69 Å². The number of para-hydroxylation sites is 1. The van der Waals surface area contributed by atoms with Gasteiger partial charge in [0.2, 0.25) is 0 Å². The molecule has 0 aliphatic carbocycles. The highest BCUT2D eigenvalue weighted by Gasteiger charge is 2.11. The minimum atomic E-state index is -2.87. The number of carbonyl (C=O) groups excluding carboxylic acids is 1. The molecule has 0 saturated heterocycles. The molecule has 7 heteroatoms. The molecule has 0 radical (unpaired) electrons. The fraction of sp³-hybridized carbons (Fsp3) is 0.0526. The Morgan fingerprint density at radius 3 is 2.42 bits per heavy atom. The molecule has 132 valence electrons. The quantitative estimate of drug-likeness (QED) is 0.539. The summed E-state index contributed by atoms with van der Waals surface area (Å²) >= 11 is 0. The molecule has 3 rings (SSSR count). The number of amides is 1. The Morgan fingerprint density at radius 2 is 1.73 bits per heavy atom. The van der Waals surface area contributed by atoms with E-state index in [1.54, 1.807) is 24.3 Å². The van der Waals surface area contributed by atoms with E-state index in [1.165, 1.54) is 18.3 Å². The van der Waals surface area contributed by atoms with Gasteiger partial charge in [-0.3, -0.25) is 4.79 Å². The monoisotopic (exact) mass is 355 g/mol. The van der Waals surface area contributed by atoms with Gasteiger partial charge in [-0.2, -0.15) is 13.9 Å². The minimum absolute atomic E-state index is 0.0573. The Bertz CT molecular complexity index is 891. The molecule has 0 bridgehead atoms. The maximum atomic E-state index is 12.4. The summed E-state index contributed by atoms with van der Waals surface area (Å²) in [5.74, 6) is -0.301. The molecule has 0 aliphatic rings. The molecule has 1 heterocycles. The zero-order valence-corrected chi connectivity index (χ0v) is 13.5. The minimum Gasteiger partial charge on any atom is -0.435 e. The number of rotatable bonds is 6. The summed E-state index contributed by atoms with van der Waals surface area (Å²) in [5, 5.41) is 3.91. The van der Waals surface area contributed by atoms with Crippen LogP contribution in [0.4, 0.5) is 8.78 Å². The second kappa shape index (κ2) is 8.06. The lowest BCUT2D eigenvalue weighted by atomic mass is 10.1. The molecule has 5 nitrogen and oxygen atoms in total. The van der Waals surface area contributed by atoms with E-state index < -0.39 is 6.61 Å². The van der Waals surface area contributed by atoms with Gasteiger partial charge in [0.25, 0.3) is 5.91 Å². The van der Waals surface area contributed by atoms with Crippen molar-refractivity contribution in [1.82, 2.24) is 9.99 Å². The second-order valence-corrected chi connectivity index (χ2v) is 5.25. The predicted octanol–water partition coefficient (Wildman–Crippen LogP) is 3.84. The normalized spacial score (nSPS) is 11.0. The number of carbonyl (C=O) groups is 1. The van der Waals surface area contributed by atoms with Gasteiger partial charge in [-0.05, 0) is 54.1 Å². The van der Waals surface area contributed by atoms with E-state index in [2.05, 4.69) is 15.3 Å². The van der Waals surface area contributed by atoms with Crippen LogP contribution in [0.2, 0.25) is 0 Å². The van der Waals surface area contributed by atoms with Crippen molar-refractivity contribution >= 4 is 12.1 Å². The first-order valence-corrected chi connectivity index (χ1v) is 7.74. The first-order chi connectivity index (χ1) is 12.6. The highest BCUT2D eigenvalue weighted by Crippen LogP contribution is 2.15. The van der Waals surface area contributed by atoms with Crippen LogP contribution in [0.5, 0.6) is 5.75 Å². The summed E-state index contributed by atoms with van der Waals surface area (Å²) in [4.78, 5) is 12.4. The largest absolute Gasteiger partial charge is 0.435 e. The van der Waals surface area contributed by atoms with Crippen LogP contribution in [0, 0.1) is 0 Å². The van der Waals surface area contributed by atoms with Gasteiger partial charge in [-0.1, -0.05) is 12.1 Å². The number of halogens is 2. The van der Waals surface area contributed by atoms with E-state index in [1.807, 2.05) is 41.2 Å². The number of hydrogen-bond donors (Lipinski definition) is 1. The third-order valence-corrected chi connectivity index (χ3v) is 3.52. The first-order valence-electron chi connectivity index (χ1n) is 7.74. The van der Waals surface area contributed by atoms with Crippen LogP contribution in [0.15, 0.2) is 78.2 Å². The van der Waals surface area contributed by atoms with Gasteiger partial charge in [0.05, 0.1) is 17.5 Å². The number of hydrogen-bond acceptors (Lipinski definition) is 3. The Labute approximate surface area is 148 Å². The molecular formula is C19H15F2N3O2. The topological polar surface area (TPSA) is 55.6 Å². The van der Waals surface area contributed by atoms with E-state index in [-0.39, 0.29) is 11.7 Å². The van der Waals surface area contributed by atoms with Crippen molar-refractivity contribution in [2.24, 2.45) is 5.10 Å². The Kier molecular flexibility index (Phi) is 5.38. The molecule has 0 aliphatic heterocycles. The maximum absolute atomic E-state index is 12.4. The van der Waals surface area contributed by atoms with Gasteiger partial charge in [0.1, 0.15) is 5.75 Å². The number of nitrogens with zero attached hydrogens (tertiary/aromatic N) is 2. The summed E-state index contributed by atoms with van der Waals surface area (Å²) < 4.78 is 30.3. The number of ether oxygens (including phenoxy) is 1. The number of benzene rings is 2. The summed E-state index contributed by atoms with van der Waals surface area (Å²) in [6.07, 6.45) is 5.11. The van der Waals surface area contributed by atoms with Gasteiger partial charge in [0, 0.05) is 12.4 Å². The smallest absolute Gasteiger partial charge is 0.387 e. The van der Waals surface area contributed by atoms with Crippen molar-refractivity contribution in [3.63, 3.8) is 0 Å². The Hall–Kier alpha value is -3.48. The van der Waals surface area contributed by atoms with Gasteiger partial charge in [0.15, 0.2) is 0 Å². The number of hydrazone groups is 1. The zero-order chi connectivity index (χ0) is 18.4.